The van der Waals surface area contributed by atoms with Crippen LogP contribution in [0.3, 0.4) is 0 Å². The molecule has 2 rings (SSSR count). The molecule has 0 fully saturated rings. The first kappa shape index (κ1) is 19.7. The first-order valence-corrected chi connectivity index (χ1v) is 9.09. The van der Waals surface area contributed by atoms with E-state index in [0.717, 1.165) is 43.1 Å². The van der Waals surface area contributed by atoms with Crippen LogP contribution in [0.25, 0.3) is 0 Å². The Morgan fingerprint density at radius 2 is 1.85 bits per heavy atom. The second-order valence-electron chi connectivity index (χ2n) is 6.14. The Kier molecular flexibility index (Phi) is 7.38. The standard InChI is InChI=1S/C20H28N4O2/c1-5-11-24(12-6-2)19-13-17(22-15(3)23-19)20(25)21-14-16-9-7-8-10-18(16)26-4/h7-10,13H,5-6,11-12,14H2,1-4H3,(H,21,25). The Balaban J connectivity index is 2.15. The molecule has 1 heterocycles. The molecular formula is C20H28N4O2. The second-order valence-corrected chi connectivity index (χ2v) is 6.14. The number of carbonyl (C=O) groups excluding carboxylic acids is 1. The maximum Gasteiger partial charge on any atom is 0.270 e. The number of hydrogen-bond donors (Lipinski definition) is 1. The van der Waals surface area contributed by atoms with Gasteiger partial charge in [-0.1, -0.05) is 32.0 Å². The van der Waals surface area contributed by atoms with Crippen molar-refractivity contribution in [2.75, 3.05) is 25.1 Å². The van der Waals surface area contributed by atoms with E-state index in [0.29, 0.717) is 18.1 Å². The molecular weight excluding hydrogens is 328 g/mol. The van der Waals surface area contributed by atoms with Crippen LogP contribution in [0.5, 0.6) is 5.75 Å². The molecule has 0 radical (unpaired) electrons. The third-order valence-electron chi connectivity index (χ3n) is 4.00. The van der Waals surface area contributed by atoms with Crippen LogP contribution in [0, 0.1) is 6.92 Å². The molecule has 1 N–H and O–H groups in total. The molecule has 6 nitrogen and oxygen atoms in total. The van der Waals surface area contributed by atoms with E-state index in [9.17, 15) is 4.79 Å². The number of nitrogens with one attached hydrogen (secondary N) is 1. The molecule has 2 aromatic rings. The number of nitrogens with zero attached hydrogens (tertiary/aromatic N) is 3. The Labute approximate surface area is 155 Å². The minimum atomic E-state index is -0.212. The number of benzene rings is 1. The van der Waals surface area contributed by atoms with Crippen molar-refractivity contribution in [2.24, 2.45) is 0 Å². The Morgan fingerprint density at radius 3 is 2.50 bits per heavy atom. The Morgan fingerprint density at radius 1 is 1.15 bits per heavy atom. The summed E-state index contributed by atoms with van der Waals surface area (Å²) >= 11 is 0. The molecule has 1 amide bonds. The molecule has 0 aliphatic carbocycles. The highest BCUT2D eigenvalue weighted by Crippen LogP contribution is 2.17. The average Bonchev–Trinajstić information content (AvgIpc) is 2.65. The van der Waals surface area contributed by atoms with E-state index in [2.05, 4.69) is 34.0 Å². The normalized spacial score (nSPS) is 10.5. The van der Waals surface area contributed by atoms with Gasteiger partial charge in [-0.25, -0.2) is 9.97 Å². The van der Waals surface area contributed by atoms with Gasteiger partial charge in [0.05, 0.1) is 7.11 Å². The van der Waals surface area contributed by atoms with Gasteiger partial charge in [-0.05, 0) is 25.8 Å². The molecule has 26 heavy (non-hydrogen) atoms. The fourth-order valence-corrected chi connectivity index (χ4v) is 2.83. The topological polar surface area (TPSA) is 67.4 Å². The number of para-hydroxylation sites is 1. The van der Waals surface area contributed by atoms with Crippen molar-refractivity contribution >= 4 is 11.7 Å². The largest absolute Gasteiger partial charge is 0.496 e. The number of aromatic nitrogens is 2. The summed E-state index contributed by atoms with van der Waals surface area (Å²) in [6, 6.07) is 9.41. The minimum Gasteiger partial charge on any atom is -0.496 e. The Bertz CT molecular complexity index is 728. The lowest BCUT2D eigenvalue weighted by atomic mass is 10.2. The lowest BCUT2D eigenvalue weighted by Gasteiger charge is -2.23. The monoisotopic (exact) mass is 356 g/mol. The van der Waals surface area contributed by atoms with E-state index in [1.807, 2.05) is 31.2 Å². The van der Waals surface area contributed by atoms with Gasteiger partial charge in [0.25, 0.3) is 5.91 Å². The van der Waals surface area contributed by atoms with E-state index < -0.39 is 0 Å². The summed E-state index contributed by atoms with van der Waals surface area (Å²) in [7, 11) is 1.62. The fraction of sp³-hybridized carbons (Fsp3) is 0.450. The van der Waals surface area contributed by atoms with Crippen LogP contribution in [0.2, 0.25) is 0 Å². The molecule has 0 spiro atoms. The fourth-order valence-electron chi connectivity index (χ4n) is 2.83. The number of hydrogen-bond acceptors (Lipinski definition) is 5. The summed E-state index contributed by atoms with van der Waals surface area (Å²) in [4.78, 5) is 23.6. The van der Waals surface area contributed by atoms with Crippen LogP contribution in [0.15, 0.2) is 30.3 Å². The van der Waals surface area contributed by atoms with Gasteiger partial charge in [0.15, 0.2) is 0 Å². The van der Waals surface area contributed by atoms with Crippen molar-refractivity contribution in [1.29, 1.82) is 0 Å². The maximum absolute atomic E-state index is 12.6. The number of amides is 1. The molecule has 0 aliphatic heterocycles. The average molecular weight is 356 g/mol. The maximum atomic E-state index is 12.6. The van der Waals surface area contributed by atoms with Gasteiger partial charge in [0, 0.05) is 31.3 Å². The summed E-state index contributed by atoms with van der Waals surface area (Å²) < 4.78 is 5.32. The lowest BCUT2D eigenvalue weighted by Crippen LogP contribution is -2.28. The first-order chi connectivity index (χ1) is 12.6. The molecule has 0 saturated carbocycles. The molecule has 1 aromatic heterocycles. The number of ether oxygens (including phenoxy) is 1. The van der Waals surface area contributed by atoms with Crippen molar-refractivity contribution in [2.45, 2.75) is 40.2 Å². The van der Waals surface area contributed by atoms with Gasteiger partial charge in [-0.3, -0.25) is 4.79 Å². The van der Waals surface area contributed by atoms with Gasteiger partial charge in [0.2, 0.25) is 0 Å². The summed E-state index contributed by atoms with van der Waals surface area (Å²) in [5, 5.41) is 2.92. The van der Waals surface area contributed by atoms with Crippen LogP contribution in [0.1, 0.15) is 48.6 Å². The van der Waals surface area contributed by atoms with Gasteiger partial charge in [0.1, 0.15) is 23.1 Å². The highest BCUT2D eigenvalue weighted by atomic mass is 16.5. The van der Waals surface area contributed by atoms with Crippen molar-refractivity contribution in [3.05, 3.63) is 47.4 Å². The van der Waals surface area contributed by atoms with Crippen LogP contribution in [-0.4, -0.2) is 36.1 Å². The van der Waals surface area contributed by atoms with E-state index >= 15 is 0 Å². The SMILES string of the molecule is CCCN(CCC)c1cc(C(=O)NCc2ccccc2OC)nc(C)n1. The molecule has 140 valence electrons. The van der Waals surface area contributed by atoms with Gasteiger partial charge >= 0.3 is 0 Å². The molecule has 0 bridgehead atoms. The van der Waals surface area contributed by atoms with E-state index in [1.54, 1.807) is 13.2 Å². The highest BCUT2D eigenvalue weighted by molar-refractivity contribution is 5.93. The zero-order valence-corrected chi connectivity index (χ0v) is 16.1. The van der Waals surface area contributed by atoms with Crippen LogP contribution in [0.4, 0.5) is 5.82 Å². The predicted octanol–water partition coefficient (Wildman–Crippen LogP) is 3.35. The highest BCUT2D eigenvalue weighted by Gasteiger charge is 2.14. The van der Waals surface area contributed by atoms with Crippen molar-refractivity contribution in [3.8, 4) is 5.75 Å². The summed E-state index contributed by atoms with van der Waals surface area (Å²) in [5.41, 5.74) is 1.31. The van der Waals surface area contributed by atoms with Gasteiger partial charge in [-0.2, -0.15) is 0 Å². The zero-order valence-electron chi connectivity index (χ0n) is 16.1. The number of carbonyl (C=O) groups is 1. The van der Waals surface area contributed by atoms with Crippen LogP contribution in [-0.2, 0) is 6.54 Å². The zero-order chi connectivity index (χ0) is 18.9. The van der Waals surface area contributed by atoms with E-state index in [1.165, 1.54) is 0 Å². The Hall–Kier alpha value is -2.63. The minimum absolute atomic E-state index is 0.212. The molecule has 0 aliphatic rings. The molecule has 6 heteroatoms. The second kappa shape index (κ2) is 9.75. The smallest absolute Gasteiger partial charge is 0.270 e. The first-order valence-electron chi connectivity index (χ1n) is 9.09. The number of methoxy groups -OCH3 is 1. The summed E-state index contributed by atoms with van der Waals surface area (Å²) in [6.07, 6.45) is 2.05. The van der Waals surface area contributed by atoms with Crippen LogP contribution >= 0.6 is 0 Å². The third-order valence-corrected chi connectivity index (χ3v) is 4.00. The number of rotatable bonds is 9. The molecule has 0 atom stereocenters. The van der Waals surface area contributed by atoms with Crippen molar-refractivity contribution in [3.63, 3.8) is 0 Å². The summed E-state index contributed by atoms with van der Waals surface area (Å²) in [6.45, 7) is 8.29. The quantitative estimate of drug-likeness (QED) is 0.746. The number of anilines is 1. The molecule has 0 saturated heterocycles. The molecule has 0 unspecified atom stereocenters. The van der Waals surface area contributed by atoms with Crippen molar-refractivity contribution in [1.82, 2.24) is 15.3 Å². The van der Waals surface area contributed by atoms with E-state index in [-0.39, 0.29) is 5.91 Å². The van der Waals surface area contributed by atoms with E-state index in [4.69, 9.17) is 4.74 Å². The van der Waals surface area contributed by atoms with Crippen LogP contribution < -0.4 is 15.0 Å². The third kappa shape index (κ3) is 5.18. The lowest BCUT2D eigenvalue weighted by molar-refractivity contribution is 0.0945. The number of aryl methyl sites for hydroxylation is 1. The van der Waals surface area contributed by atoms with Crippen molar-refractivity contribution < 1.29 is 9.53 Å². The molecule has 1 aromatic carbocycles. The predicted molar refractivity (Wildman–Crippen MR) is 104 cm³/mol. The van der Waals surface area contributed by atoms with Gasteiger partial charge in [-0.15, -0.1) is 0 Å². The summed E-state index contributed by atoms with van der Waals surface area (Å²) in [5.74, 6) is 1.95. The van der Waals surface area contributed by atoms with Gasteiger partial charge < -0.3 is 15.0 Å².